The summed E-state index contributed by atoms with van der Waals surface area (Å²) < 4.78 is 38.8. The Hall–Kier alpha value is -4.63. The van der Waals surface area contributed by atoms with E-state index < -0.39 is 5.97 Å². The van der Waals surface area contributed by atoms with Gasteiger partial charge in [0.1, 0.15) is 6.29 Å². The molecule has 0 aliphatic heterocycles. The van der Waals surface area contributed by atoms with Crippen LogP contribution in [0.3, 0.4) is 0 Å². The molecule has 0 amide bonds. The fraction of sp³-hybridized carbons (Fsp3) is 0.356. The molecule has 1 N–H and O–H groups in total. The number of rotatable bonds is 16. The molecule has 326 valence electrons. The highest BCUT2D eigenvalue weighted by Crippen LogP contribution is 2.11. The number of aldehydes is 1. The molecule has 0 atom stereocenters. The largest absolute Gasteiger partial charge is 1.00 e. The van der Waals surface area contributed by atoms with Gasteiger partial charge in [0.2, 0.25) is 0 Å². The third-order valence-corrected chi connectivity index (χ3v) is 8.03. The average molecular weight is 863 g/mol. The first-order valence-electron chi connectivity index (χ1n) is 18.0. The lowest BCUT2D eigenvalue weighted by molar-refractivity contribution is -0.100. The van der Waals surface area contributed by atoms with Crippen LogP contribution in [-0.2, 0) is 63.2 Å². The zero-order chi connectivity index (χ0) is 43.6. The first-order chi connectivity index (χ1) is 28.1. The van der Waals surface area contributed by atoms with Crippen LogP contribution in [0.2, 0.25) is 0 Å². The molecule has 0 unspecified atom stereocenters. The van der Waals surface area contributed by atoms with Crippen LogP contribution in [0.4, 0.5) is 0 Å². The van der Waals surface area contributed by atoms with Crippen LogP contribution in [0.5, 0.6) is 0 Å². The molecule has 0 spiro atoms. The van der Waals surface area contributed by atoms with Crippen LogP contribution < -0.4 is 12.4 Å². The van der Waals surface area contributed by atoms with Gasteiger partial charge in [-0.15, -0.1) is 11.6 Å². The van der Waals surface area contributed by atoms with Crippen molar-refractivity contribution in [2.45, 2.75) is 44.8 Å². The Balaban J connectivity index is 0. The summed E-state index contributed by atoms with van der Waals surface area (Å²) in [5.41, 5.74) is 6.87. The molecule has 0 aliphatic carbocycles. The highest BCUT2D eigenvalue weighted by Gasteiger charge is 2.07. The summed E-state index contributed by atoms with van der Waals surface area (Å²) in [6.45, 7) is 2.86. The van der Waals surface area contributed by atoms with Gasteiger partial charge in [-0.05, 0) is 65.1 Å². The van der Waals surface area contributed by atoms with E-state index >= 15 is 0 Å². The number of methoxy groups -OCH3 is 8. The summed E-state index contributed by atoms with van der Waals surface area (Å²) in [6, 6.07) is 29.2. The second-order valence-electron chi connectivity index (χ2n) is 11.6. The predicted molar refractivity (Wildman–Crippen MR) is 226 cm³/mol. The van der Waals surface area contributed by atoms with Crippen LogP contribution in [0, 0.1) is 0 Å². The quantitative estimate of drug-likeness (QED) is 0.0535. The lowest BCUT2D eigenvalue weighted by Gasteiger charge is -2.13. The van der Waals surface area contributed by atoms with Crippen LogP contribution in [0.15, 0.2) is 103 Å². The number of carbonyl (C=O) groups is 3. The summed E-state index contributed by atoms with van der Waals surface area (Å²) in [5.74, 6) is -0.169. The van der Waals surface area contributed by atoms with Gasteiger partial charge >= 0.3 is 11.9 Å². The van der Waals surface area contributed by atoms with Gasteiger partial charge in [0.15, 0.2) is 12.6 Å². The molecule has 0 fully saturated rings. The molecule has 0 aliphatic rings. The van der Waals surface area contributed by atoms with Gasteiger partial charge in [-0.25, -0.2) is 9.59 Å². The molecule has 0 saturated carbocycles. The van der Waals surface area contributed by atoms with E-state index in [9.17, 15) is 14.4 Å². The smallest absolute Gasteiger partial charge is 0.337 e. The summed E-state index contributed by atoms with van der Waals surface area (Å²) in [6.07, 6.45) is 5.22. The standard InChI is InChI=1S/C11H15ClO2.C11H16O3.C11H12O3.C9H8O3.C3H8O.ClH/c2*1-13-11(14-2)7-9-3-5-10(8-12)6-4-9;1-13-8-7-9-3-5-10(6-4-9)11(12)14-2;1-12-9(11)8-4-2-7(6-10)3-5-8;1-3-4-2;/h3-6,11H,7-8H2,1-2H3;3-6,11-12H,7-8H2,1-2H3;3-8H,1-2H3;2-6H,1H3;3H2,1-2H3;1H/p-1/b;;8-7+;;;. The molecule has 0 heterocycles. The fourth-order valence-electron chi connectivity index (χ4n) is 4.27. The van der Waals surface area contributed by atoms with Gasteiger partial charge in [0.25, 0.3) is 0 Å². The molecule has 0 saturated heterocycles. The Morgan fingerprint density at radius 3 is 1.24 bits per heavy atom. The summed E-state index contributed by atoms with van der Waals surface area (Å²) in [4.78, 5) is 32.2. The van der Waals surface area contributed by atoms with E-state index in [0.29, 0.717) is 22.6 Å². The zero-order valence-corrected chi connectivity index (χ0v) is 36.9. The number of hydrogen-bond acceptors (Lipinski definition) is 12. The lowest BCUT2D eigenvalue weighted by Crippen LogP contribution is -3.00. The van der Waals surface area contributed by atoms with Gasteiger partial charge in [-0.3, -0.25) is 4.79 Å². The average Bonchev–Trinajstić information content (AvgIpc) is 3.30. The van der Waals surface area contributed by atoms with Gasteiger partial charge in [-0.1, -0.05) is 72.8 Å². The number of alkyl halides is 1. The van der Waals surface area contributed by atoms with E-state index in [1.165, 1.54) is 19.8 Å². The number of hydrogen-bond donors (Lipinski definition) is 1. The van der Waals surface area contributed by atoms with E-state index in [1.54, 1.807) is 91.4 Å². The normalized spacial score (nSPS) is 9.92. The number of esters is 2. The van der Waals surface area contributed by atoms with Crippen molar-refractivity contribution in [3.8, 4) is 0 Å². The van der Waals surface area contributed by atoms with Crippen LogP contribution in [0.25, 0.3) is 6.08 Å². The second-order valence-corrected chi connectivity index (χ2v) is 11.9. The van der Waals surface area contributed by atoms with Crippen molar-refractivity contribution in [3.05, 3.63) is 148 Å². The number of ether oxygens (including phenoxy) is 8. The Morgan fingerprint density at radius 2 is 0.949 bits per heavy atom. The molecule has 14 heteroatoms. The number of carbonyl (C=O) groups excluding carboxylic acids is 3. The van der Waals surface area contributed by atoms with Gasteiger partial charge < -0.3 is 55.4 Å². The minimum absolute atomic E-state index is 0. The van der Waals surface area contributed by atoms with Gasteiger partial charge in [0.05, 0.1) is 45.3 Å². The maximum absolute atomic E-state index is 11.1. The molecule has 0 aromatic heterocycles. The molecular formula is C45H59Cl2O12-. The number of benzene rings is 4. The van der Waals surface area contributed by atoms with Crippen molar-refractivity contribution in [2.75, 3.05) is 63.5 Å². The van der Waals surface area contributed by atoms with Crippen LogP contribution in [-0.4, -0.2) is 99.4 Å². The molecule has 59 heavy (non-hydrogen) atoms. The SMILES string of the molecule is CCOC.CO/C=C/c1ccc(C(=O)OC)cc1.COC(=O)c1ccc(C=O)cc1.COC(Cc1ccc(CCl)cc1)OC.COC(Cc1ccc(CO)cc1)OC.[Cl-]. The number of halogens is 2. The topological polar surface area (TPSA) is 145 Å². The molecule has 4 aromatic rings. The van der Waals surface area contributed by atoms with Crippen LogP contribution in [0.1, 0.15) is 65.8 Å². The van der Waals surface area contributed by atoms with Gasteiger partial charge in [0, 0.05) is 66.4 Å². The van der Waals surface area contributed by atoms with Crippen molar-refractivity contribution in [1.29, 1.82) is 0 Å². The Kier molecular flexibility index (Phi) is 34.9. The number of aliphatic hydroxyl groups is 1. The fourth-order valence-corrected chi connectivity index (χ4v) is 4.44. The first-order valence-corrected chi connectivity index (χ1v) is 18.5. The Labute approximate surface area is 360 Å². The monoisotopic (exact) mass is 861 g/mol. The second kappa shape index (κ2) is 36.4. The Bertz CT molecular complexity index is 1600. The molecule has 4 aromatic carbocycles. The van der Waals surface area contributed by atoms with Crippen LogP contribution >= 0.6 is 11.6 Å². The summed E-state index contributed by atoms with van der Waals surface area (Å²) >= 11 is 5.69. The first kappa shape index (κ1) is 56.5. The van der Waals surface area contributed by atoms with E-state index in [2.05, 4.69) is 14.2 Å². The summed E-state index contributed by atoms with van der Waals surface area (Å²) in [7, 11) is 12.5. The zero-order valence-electron chi connectivity index (χ0n) is 35.4. The van der Waals surface area contributed by atoms with E-state index in [-0.39, 0.29) is 37.6 Å². The molecule has 4 rings (SSSR count). The van der Waals surface area contributed by atoms with Crippen molar-refractivity contribution in [1.82, 2.24) is 0 Å². The molecule has 0 radical (unpaired) electrons. The van der Waals surface area contributed by atoms with E-state index in [0.717, 1.165) is 48.0 Å². The van der Waals surface area contributed by atoms with Crippen molar-refractivity contribution in [3.63, 3.8) is 0 Å². The third-order valence-electron chi connectivity index (χ3n) is 7.72. The van der Waals surface area contributed by atoms with Crippen molar-refractivity contribution in [2.24, 2.45) is 0 Å². The molecule has 12 nitrogen and oxygen atoms in total. The predicted octanol–water partition coefficient (Wildman–Crippen LogP) is 4.96. The highest BCUT2D eigenvalue weighted by atomic mass is 35.5. The van der Waals surface area contributed by atoms with Crippen molar-refractivity contribution >= 4 is 35.9 Å². The summed E-state index contributed by atoms with van der Waals surface area (Å²) in [5, 5.41) is 8.85. The highest BCUT2D eigenvalue weighted by molar-refractivity contribution is 6.17. The third kappa shape index (κ3) is 25.5. The van der Waals surface area contributed by atoms with E-state index in [1.807, 2.05) is 67.6 Å². The van der Waals surface area contributed by atoms with Crippen molar-refractivity contribution < 1.29 is 69.8 Å². The maximum Gasteiger partial charge on any atom is 0.337 e. The van der Waals surface area contributed by atoms with E-state index in [4.69, 9.17) is 40.4 Å². The lowest BCUT2D eigenvalue weighted by atomic mass is 10.1. The molecule has 0 bridgehead atoms. The maximum atomic E-state index is 11.1. The Morgan fingerprint density at radius 1 is 0.593 bits per heavy atom. The number of aliphatic hydroxyl groups excluding tert-OH is 1. The van der Waals surface area contributed by atoms with Gasteiger partial charge in [-0.2, -0.15) is 0 Å². The minimum Gasteiger partial charge on any atom is -1.00 e. The minimum atomic E-state index is -0.396. The molecular weight excluding hydrogens is 803 g/mol.